The first-order valence-corrected chi connectivity index (χ1v) is 6.42. The van der Waals surface area contributed by atoms with Crippen LogP contribution in [0.1, 0.15) is 19.3 Å². The lowest BCUT2D eigenvalue weighted by Gasteiger charge is -2.17. The third-order valence-corrected chi connectivity index (χ3v) is 3.35. The molecule has 104 valence electrons. The van der Waals surface area contributed by atoms with Gasteiger partial charge in [-0.05, 0) is 25.3 Å². The normalized spacial score (nSPS) is 22.8. The van der Waals surface area contributed by atoms with Crippen molar-refractivity contribution in [1.29, 1.82) is 0 Å². The second-order valence-electron chi connectivity index (χ2n) is 4.59. The molecule has 0 aromatic carbocycles. The van der Waals surface area contributed by atoms with Crippen molar-refractivity contribution in [2.24, 2.45) is 17.6 Å². The molecule has 6 heteroatoms. The van der Waals surface area contributed by atoms with E-state index in [-0.39, 0.29) is 30.2 Å². The van der Waals surface area contributed by atoms with Crippen LogP contribution in [0.4, 0.5) is 0 Å². The number of carbonyl (C=O) groups excluding carboxylic acids is 2. The Bertz CT molecular complexity index is 284. The highest BCUT2D eigenvalue weighted by molar-refractivity contribution is 5.86. The molecule has 0 radical (unpaired) electrons. The molecular formula is C12H23N3O3. The first-order valence-electron chi connectivity index (χ1n) is 6.42. The second kappa shape index (κ2) is 8.05. The van der Waals surface area contributed by atoms with Gasteiger partial charge >= 0.3 is 0 Å². The molecule has 1 rings (SSSR count). The van der Waals surface area contributed by atoms with Gasteiger partial charge in [0.2, 0.25) is 11.8 Å². The Hall–Kier alpha value is -1.14. The van der Waals surface area contributed by atoms with Gasteiger partial charge < -0.3 is 21.1 Å². The van der Waals surface area contributed by atoms with Crippen LogP contribution in [0.15, 0.2) is 0 Å². The van der Waals surface area contributed by atoms with Gasteiger partial charge in [0.05, 0.1) is 13.2 Å². The molecule has 0 aliphatic heterocycles. The zero-order chi connectivity index (χ0) is 13.4. The van der Waals surface area contributed by atoms with E-state index in [0.717, 1.165) is 19.3 Å². The minimum atomic E-state index is -0.192. The maximum atomic E-state index is 11.9. The van der Waals surface area contributed by atoms with Gasteiger partial charge in [-0.15, -0.1) is 0 Å². The van der Waals surface area contributed by atoms with E-state index in [1.165, 1.54) is 0 Å². The van der Waals surface area contributed by atoms with E-state index in [0.29, 0.717) is 19.7 Å². The summed E-state index contributed by atoms with van der Waals surface area (Å²) in [5.41, 5.74) is 5.63. The third-order valence-electron chi connectivity index (χ3n) is 3.35. The number of hydrogen-bond donors (Lipinski definition) is 3. The molecular weight excluding hydrogens is 234 g/mol. The molecule has 2 atom stereocenters. The summed E-state index contributed by atoms with van der Waals surface area (Å²) in [5.74, 6) is -0.00383. The highest BCUT2D eigenvalue weighted by Gasteiger charge is 2.31. The molecule has 2 unspecified atom stereocenters. The Balaban J connectivity index is 2.22. The van der Waals surface area contributed by atoms with Crippen LogP contribution in [0.3, 0.4) is 0 Å². The summed E-state index contributed by atoms with van der Waals surface area (Å²) in [6.45, 7) is 1.49. The van der Waals surface area contributed by atoms with Crippen LogP contribution < -0.4 is 16.4 Å². The van der Waals surface area contributed by atoms with Crippen LogP contribution >= 0.6 is 0 Å². The topological polar surface area (TPSA) is 93.5 Å². The van der Waals surface area contributed by atoms with Crippen LogP contribution in [-0.2, 0) is 14.3 Å². The van der Waals surface area contributed by atoms with Gasteiger partial charge in [0.15, 0.2) is 0 Å². The maximum Gasteiger partial charge on any atom is 0.239 e. The Kier molecular flexibility index (Phi) is 6.67. The Labute approximate surface area is 108 Å². The lowest BCUT2D eigenvalue weighted by atomic mass is 9.95. The van der Waals surface area contributed by atoms with E-state index in [9.17, 15) is 9.59 Å². The lowest BCUT2D eigenvalue weighted by Crippen LogP contribution is -2.41. The average Bonchev–Trinajstić information content (AvgIpc) is 2.84. The number of hydrogen-bond acceptors (Lipinski definition) is 4. The van der Waals surface area contributed by atoms with E-state index >= 15 is 0 Å². The summed E-state index contributed by atoms with van der Waals surface area (Å²) in [6.07, 6.45) is 2.92. The first-order chi connectivity index (χ1) is 8.69. The lowest BCUT2D eigenvalue weighted by molar-refractivity contribution is -0.129. The van der Waals surface area contributed by atoms with E-state index in [2.05, 4.69) is 10.6 Å². The number of rotatable bonds is 7. The highest BCUT2D eigenvalue weighted by atomic mass is 16.5. The Morgan fingerprint density at radius 3 is 2.78 bits per heavy atom. The zero-order valence-corrected chi connectivity index (χ0v) is 10.9. The molecule has 0 aromatic rings. The summed E-state index contributed by atoms with van der Waals surface area (Å²) in [5, 5.41) is 5.32. The van der Waals surface area contributed by atoms with Crippen LogP contribution in [0.25, 0.3) is 0 Å². The van der Waals surface area contributed by atoms with Crippen molar-refractivity contribution in [3.63, 3.8) is 0 Å². The second-order valence-corrected chi connectivity index (χ2v) is 4.59. The van der Waals surface area contributed by atoms with Crippen molar-refractivity contribution in [3.8, 4) is 0 Å². The average molecular weight is 257 g/mol. The summed E-state index contributed by atoms with van der Waals surface area (Å²) in [7, 11) is 1.57. The molecule has 0 spiro atoms. The number of ether oxygens (including phenoxy) is 1. The van der Waals surface area contributed by atoms with Gasteiger partial charge in [0.1, 0.15) is 0 Å². The van der Waals surface area contributed by atoms with Gasteiger partial charge in [-0.1, -0.05) is 6.42 Å². The number of carbonyl (C=O) groups is 2. The number of nitrogens with two attached hydrogens (primary N) is 1. The van der Waals surface area contributed by atoms with E-state index in [4.69, 9.17) is 10.5 Å². The van der Waals surface area contributed by atoms with Crippen LogP contribution in [0, 0.1) is 11.8 Å². The molecule has 1 saturated carbocycles. The summed E-state index contributed by atoms with van der Waals surface area (Å²) in [6, 6.07) is 0. The van der Waals surface area contributed by atoms with Gasteiger partial charge in [-0.25, -0.2) is 0 Å². The molecule has 1 aliphatic carbocycles. The Morgan fingerprint density at radius 1 is 1.33 bits per heavy atom. The highest BCUT2D eigenvalue weighted by Crippen LogP contribution is 2.30. The summed E-state index contributed by atoms with van der Waals surface area (Å²) < 4.78 is 4.81. The molecule has 6 nitrogen and oxygen atoms in total. The minimum absolute atomic E-state index is 0.0241. The van der Waals surface area contributed by atoms with Crippen molar-refractivity contribution in [2.45, 2.75) is 19.3 Å². The van der Waals surface area contributed by atoms with Crippen molar-refractivity contribution in [1.82, 2.24) is 10.6 Å². The van der Waals surface area contributed by atoms with Crippen LogP contribution in [-0.4, -0.2) is 45.2 Å². The molecule has 2 amide bonds. The molecule has 4 N–H and O–H groups in total. The van der Waals surface area contributed by atoms with Gasteiger partial charge in [-0.3, -0.25) is 9.59 Å². The molecule has 18 heavy (non-hydrogen) atoms. The van der Waals surface area contributed by atoms with Crippen molar-refractivity contribution >= 4 is 11.8 Å². The fourth-order valence-corrected chi connectivity index (χ4v) is 2.32. The zero-order valence-electron chi connectivity index (χ0n) is 10.9. The predicted octanol–water partition coefficient (Wildman–Crippen LogP) is -0.760. The minimum Gasteiger partial charge on any atom is -0.383 e. The maximum absolute atomic E-state index is 11.9. The monoisotopic (exact) mass is 257 g/mol. The van der Waals surface area contributed by atoms with Gasteiger partial charge in [0.25, 0.3) is 0 Å². The molecule has 1 aliphatic rings. The SMILES string of the molecule is COCCNC(=O)CNC(=O)C1CCCC1CN. The van der Waals surface area contributed by atoms with Crippen molar-refractivity contribution in [3.05, 3.63) is 0 Å². The van der Waals surface area contributed by atoms with Crippen LogP contribution in [0.5, 0.6) is 0 Å². The molecule has 0 saturated heterocycles. The number of methoxy groups -OCH3 is 1. The van der Waals surface area contributed by atoms with Gasteiger partial charge in [0, 0.05) is 19.6 Å². The number of nitrogens with one attached hydrogen (secondary N) is 2. The van der Waals surface area contributed by atoms with Crippen LogP contribution in [0.2, 0.25) is 0 Å². The standard InChI is InChI=1S/C12H23N3O3/c1-18-6-5-14-11(16)8-15-12(17)10-4-2-3-9(10)7-13/h9-10H,2-8,13H2,1H3,(H,14,16)(H,15,17). The molecule has 0 bridgehead atoms. The van der Waals surface area contributed by atoms with Crippen molar-refractivity contribution < 1.29 is 14.3 Å². The molecule has 0 heterocycles. The fourth-order valence-electron chi connectivity index (χ4n) is 2.32. The number of amides is 2. The quantitative estimate of drug-likeness (QED) is 0.523. The van der Waals surface area contributed by atoms with Crippen molar-refractivity contribution in [2.75, 3.05) is 33.4 Å². The van der Waals surface area contributed by atoms with E-state index in [1.54, 1.807) is 7.11 Å². The molecule has 0 aromatic heterocycles. The van der Waals surface area contributed by atoms with E-state index < -0.39 is 0 Å². The fraction of sp³-hybridized carbons (Fsp3) is 0.833. The van der Waals surface area contributed by atoms with E-state index in [1.807, 2.05) is 0 Å². The smallest absolute Gasteiger partial charge is 0.239 e. The summed E-state index contributed by atoms with van der Waals surface area (Å²) >= 11 is 0. The third kappa shape index (κ3) is 4.62. The Morgan fingerprint density at radius 2 is 2.11 bits per heavy atom. The van der Waals surface area contributed by atoms with Gasteiger partial charge in [-0.2, -0.15) is 0 Å². The first kappa shape index (κ1) is 14.9. The molecule has 1 fully saturated rings. The summed E-state index contributed by atoms with van der Waals surface area (Å²) in [4.78, 5) is 23.3. The largest absolute Gasteiger partial charge is 0.383 e. The predicted molar refractivity (Wildman–Crippen MR) is 67.8 cm³/mol.